The second-order valence-corrected chi connectivity index (χ2v) is 9.98. The number of thiophene rings is 1. The Hall–Kier alpha value is -2.22. The molecule has 164 valence electrons. The van der Waals surface area contributed by atoms with Crippen molar-refractivity contribution in [2.24, 2.45) is 5.92 Å². The number of carboxylic acids is 1. The zero-order chi connectivity index (χ0) is 21.4. The lowest BCUT2D eigenvalue weighted by Gasteiger charge is -2.40. The molecule has 1 aromatic heterocycles. The van der Waals surface area contributed by atoms with Crippen LogP contribution in [0.3, 0.4) is 0 Å². The highest BCUT2D eigenvalue weighted by Crippen LogP contribution is 2.44. The molecule has 1 amide bonds. The van der Waals surface area contributed by atoms with Gasteiger partial charge in [-0.2, -0.15) is 0 Å². The summed E-state index contributed by atoms with van der Waals surface area (Å²) in [6, 6.07) is 9.25. The number of benzene rings is 1. The van der Waals surface area contributed by atoms with Crippen LogP contribution in [0.25, 0.3) is 0 Å². The summed E-state index contributed by atoms with van der Waals surface area (Å²) in [6.07, 6.45) is 4.57. The van der Waals surface area contributed by atoms with Crippen LogP contribution in [-0.2, 0) is 23.2 Å². The Kier molecular flexibility index (Phi) is 5.58. The van der Waals surface area contributed by atoms with Crippen LogP contribution in [0.2, 0.25) is 0 Å². The molecule has 3 aliphatic heterocycles. The third-order valence-corrected chi connectivity index (χ3v) is 8.22. The minimum atomic E-state index is -0.901. The molecule has 2 fully saturated rings. The van der Waals surface area contributed by atoms with E-state index in [-0.39, 0.29) is 11.5 Å². The highest BCUT2D eigenvalue weighted by Gasteiger charge is 2.41. The molecular formula is C24H28N2O4S. The maximum atomic E-state index is 13.3. The van der Waals surface area contributed by atoms with E-state index < -0.39 is 5.97 Å². The van der Waals surface area contributed by atoms with Gasteiger partial charge in [0.15, 0.2) is 0 Å². The molecule has 1 atom stereocenters. The quantitative estimate of drug-likeness (QED) is 0.763. The molecule has 1 spiro atoms. The number of piperidine rings is 1. The molecule has 4 heterocycles. The molecule has 7 heteroatoms. The molecule has 3 aliphatic rings. The lowest BCUT2D eigenvalue weighted by atomic mass is 9.86. The number of fused-ring (bicyclic) bond motifs is 2. The van der Waals surface area contributed by atoms with Crippen molar-refractivity contribution < 1.29 is 19.4 Å². The summed E-state index contributed by atoms with van der Waals surface area (Å²) >= 11 is 1.64. The van der Waals surface area contributed by atoms with Crippen molar-refractivity contribution in [3.63, 3.8) is 0 Å². The van der Waals surface area contributed by atoms with Crippen molar-refractivity contribution in [3.8, 4) is 0 Å². The van der Waals surface area contributed by atoms with E-state index in [0.717, 1.165) is 75.3 Å². The average Bonchev–Trinajstić information content (AvgIpc) is 3.42. The number of amides is 1. The second kappa shape index (κ2) is 8.37. The predicted octanol–water partition coefficient (Wildman–Crippen LogP) is 3.30. The molecule has 2 N–H and O–H groups in total. The molecule has 2 saturated heterocycles. The van der Waals surface area contributed by atoms with Gasteiger partial charge in [-0.15, -0.1) is 11.3 Å². The fraction of sp³-hybridized carbons (Fsp3) is 0.500. The number of likely N-dealkylation sites (tertiary alicyclic amines) is 1. The molecule has 31 heavy (non-hydrogen) atoms. The SMILES string of the molecule is O=C(O)c1cccc(CC2CCN(C(=O)c3cc4c(s3)C3(CCNCC3)OCC4)C2)c1. The van der Waals surface area contributed by atoms with Crippen molar-refractivity contribution in [1.82, 2.24) is 10.2 Å². The Morgan fingerprint density at radius 2 is 2.10 bits per heavy atom. The number of hydrogen-bond donors (Lipinski definition) is 2. The summed E-state index contributed by atoms with van der Waals surface area (Å²) in [5.74, 6) is -0.408. The summed E-state index contributed by atoms with van der Waals surface area (Å²) in [7, 11) is 0. The first-order chi connectivity index (χ1) is 15.0. The molecule has 2 aromatic rings. The molecule has 0 bridgehead atoms. The fourth-order valence-corrected chi connectivity index (χ4v) is 6.61. The van der Waals surface area contributed by atoms with Crippen molar-refractivity contribution in [2.75, 3.05) is 32.8 Å². The molecule has 0 aliphatic carbocycles. The average molecular weight is 441 g/mol. The number of nitrogens with one attached hydrogen (secondary N) is 1. The number of carbonyl (C=O) groups is 2. The van der Waals surface area contributed by atoms with Gasteiger partial charge in [-0.1, -0.05) is 12.1 Å². The maximum Gasteiger partial charge on any atom is 0.335 e. The fourth-order valence-electron chi connectivity index (χ4n) is 5.23. The Labute approximate surface area is 186 Å². The summed E-state index contributed by atoms with van der Waals surface area (Å²) in [4.78, 5) is 28.6. The van der Waals surface area contributed by atoms with Crippen LogP contribution in [0.15, 0.2) is 30.3 Å². The van der Waals surface area contributed by atoms with Gasteiger partial charge in [-0.05, 0) is 80.4 Å². The van der Waals surface area contributed by atoms with Gasteiger partial charge in [0, 0.05) is 18.0 Å². The lowest BCUT2D eigenvalue weighted by Crippen LogP contribution is -2.43. The smallest absolute Gasteiger partial charge is 0.335 e. The van der Waals surface area contributed by atoms with E-state index in [9.17, 15) is 14.7 Å². The molecule has 6 nitrogen and oxygen atoms in total. The zero-order valence-corrected chi connectivity index (χ0v) is 18.4. The Morgan fingerprint density at radius 3 is 2.90 bits per heavy atom. The highest BCUT2D eigenvalue weighted by molar-refractivity contribution is 7.14. The van der Waals surface area contributed by atoms with Gasteiger partial charge in [-0.25, -0.2) is 4.79 Å². The van der Waals surface area contributed by atoms with Gasteiger partial charge in [-0.3, -0.25) is 4.79 Å². The Bertz CT molecular complexity index is 995. The van der Waals surface area contributed by atoms with Crippen LogP contribution >= 0.6 is 11.3 Å². The van der Waals surface area contributed by atoms with E-state index >= 15 is 0 Å². The van der Waals surface area contributed by atoms with Gasteiger partial charge in [0.05, 0.1) is 17.0 Å². The largest absolute Gasteiger partial charge is 0.478 e. The van der Waals surface area contributed by atoms with Crippen molar-refractivity contribution in [1.29, 1.82) is 0 Å². The zero-order valence-electron chi connectivity index (χ0n) is 17.6. The van der Waals surface area contributed by atoms with Crippen molar-refractivity contribution >= 4 is 23.2 Å². The van der Waals surface area contributed by atoms with Crippen LogP contribution in [0, 0.1) is 5.92 Å². The minimum Gasteiger partial charge on any atom is -0.478 e. The number of aromatic carboxylic acids is 1. The van der Waals surface area contributed by atoms with Gasteiger partial charge in [0.1, 0.15) is 5.60 Å². The first-order valence-corrected chi connectivity index (χ1v) is 12.0. The normalized spacial score (nSPS) is 22.5. The van der Waals surface area contributed by atoms with E-state index in [1.807, 2.05) is 11.0 Å². The predicted molar refractivity (Wildman–Crippen MR) is 119 cm³/mol. The summed E-state index contributed by atoms with van der Waals surface area (Å²) in [5.41, 5.74) is 2.44. The number of nitrogens with zero attached hydrogens (tertiary/aromatic N) is 1. The summed E-state index contributed by atoms with van der Waals surface area (Å²) in [5, 5.41) is 12.6. The van der Waals surface area contributed by atoms with Crippen LogP contribution in [0.1, 0.15) is 55.3 Å². The Balaban J connectivity index is 1.28. The van der Waals surface area contributed by atoms with E-state index in [0.29, 0.717) is 11.5 Å². The monoisotopic (exact) mass is 440 g/mol. The molecule has 0 saturated carbocycles. The van der Waals surface area contributed by atoms with E-state index in [1.54, 1.807) is 29.5 Å². The molecule has 5 rings (SSSR count). The first-order valence-electron chi connectivity index (χ1n) is 11.1. The minimum absolute atomic E-state index is 0.130. The van der Waals surface area contributed by atoms with E-state index in [1.165, 1.54) is 10.4 Å². The maximum absolute atomic E-state index is 13.3. The number of carbonyl (C=O) groups excluding carboxylic acids is 1. The van der Waals surface area contributed by atoms with Crippen molar-refractivity contribution in [2.45, 2.75) is 37.7 Å². The van der Waals surface area contributed by atoms with E-state index in [4.69, 9.17) is 4.74 Å². The lowest BCUT2D eigenvalue weighted by molar-refractivity contribution is -0.0771. The number of carboxylic acid groups (broad SMARTS) is 1. The van der Waals surface area contributed by atoms with Gasteiger partial charge >= 0.3 is 5.97 Å². The topological polar surface area (TPSA) is 78.9 Å². The van der Waals surface area contributed by atoms with Gasteiger partial charge in [0.2, 0.25) is 0 Å². The van der Waals surface area contributed by atoms with Crippen LogP contribution in [0.5, 0.6) is 0 Å². The van der Waals surface area contributed by atoms with Crippen LogP contribution < -0.4 is 5.32 Å². The second-order valence-electron chi connectivity index (χ2n) is 8.92. The third-order valence-electron chi connectivity index (χ3n) is 6.87. The van der Waals surface area contributed by atoms with E-state index in [2.05, 4.69) is 11.4 Å². The molecule has 0 radical (unpaired) electrons. The third kappa shape index (κ3) is 4.02. The first kappa shape index (κ1) is 20.7. The van der Waals surface area contributed by atoms with Crippen molar-refractivity contribution in [3.05, 3.63) is 56.8 Å². The number of ether oxygens (including phenoxy) is 1. The van der Waals surface area contributed by atoms with Gasteiger partial charge in [0.25, 0.3) is 5.91 Å². The molecule has 1 aromatic carbocycles. The molecular weight excluding hydrogens is 412 g/mol. The van der Waals surface area contributed by atoms with Gasteiger partial charge < -0.3 is 20.1 Å². The number of rotatable bonds is 4. The van der Waals surface area contributed by atoms with Crippen LogP contribution in [-0.4, -0.2) is 54.7 Å². The summed E-state index contributed by atoms with van der Waals surface area (Å²) < 4.78 is 6.27. The standard InChI is InChI=1S/C24H28N2O4S/c27-22(20-14-18-5-11-30-24(21(18)31-20)6-8-25-9-7-24)26-10-4-17(15-26)12-16-2-1-3-19(13-16)23(28)29/h1-3,13-14,17,25H,4-12,15H2,(H,28,29). The highest BCUT2D eigenvalue weighted by atomic mass is 32.1. The Morgan fingerprint density at radius 1 is 1.26 bits per heavy atom. The molecule has 1 unspecified atom stereocenters. The number of hydrogen-bond acceptors (Lipinski definition) is 5. The summed E-state index contributed by atoms with van der Waals surface area (Å²) in [6.45, 7) is 4.13. The van der Waals surface area contributed by atoms with Crippen LogP contribution in [0.4, 0.5) is 0 Å².